The highest BCUT2D eigenvalue weighted by Crippen LogP contribution is 2.30. The average Bonchev–Trinajstić information content (AvgIpc) is 3.18. The van der Waals surface area contributed by atoms with Gasteiger partial charge in [0, 0.05) is 11.3 Å². The van der Waals surface area contributed by atoms with Gasteiger partial charge in [0.15, 0.2) is 0 Å². The zero-order valence-electron chi connectivity index (χ0n) is 16.7. The van der Waals surface area contributed by atoms with E-state index in [1.807, 2.05) is 6.92 Å². The first-order chi connectivity index (χ1) is 15.2. The molecule has 32 heavy (non-hydrogen) atoms. The van der Waals surface area contributed by atoms with Gasteiger partial charge in [0.2, 0.25) is 0 Å². The molecule has 0 aliphatic carbocycles. The first-order valence-electron chi connectivity index (χ1n) is 9.53. The second-order valence-corrected chi connectivity index (χ2v) is 7.63. The second-order valence-electron chi connectivity index (χ2n) is 6.77. The highest BCUT2D eigenvalue weighted by Gasteiger charge is 2.30. The van der Waals surface area contributed by atoms with Crippen molar-refractivity contribution in [2.24, 2.45) is 0 Å². The number of nitrogens with zero attached hydrogens (tertiary/aromatic N) is 3. The fourth-order valence-corrected chi connectivity index (χ4v) is 3.53. The molecule has 0 unspecified atom stereocenters. The molecule has 0 saturated heterocycles. The van der Waals surface area contributed by atoms with E-state index in [2.05, 4.69) is 31.4 Å². The van der Waals surface area contributed by atoms with Gasteiger partial charge >= 0.3 is 6.18 Å². The lowest BCUT2D eigenvalue weighted by atomic mass is 10.2. The van der Waals surface area contributed by atoms with Crippen LogP contribution in [-0.2, 0) is 6.18 Å². The average molecular weight is 505 g/mol. The summed E-state index contributed by atoms with van der Waals surface area (Å²) in [5.41, 5.74) is 1.20. The summed E-state index contributed by atoms with van der Waals surface area (Å²) in [5.74, 6) is 0.301. The van der Waals surface area contributed by atoms with E-state index in [1.165, 1.54) is 12.1 Å². The highest BCUT2D eigenvalue weighted by molar-refractivity contribution is 9.10. The molecular formula is C22H16BrF3N4O2. The predicted molar refractivity (Wildman–Crippen MR) is 117 cm³/mol. The van der Waals surface area contributed by atoms with Crippen LogP contribution >= 0.6 is 15.9 Å². The normalized spacial score (nSPS) is 11.5. The molecule has 0 saturated carbocycles. The Kier molecular flexibility index (Phi) is 5.88. The molecule has 4 aromatic rings. The smallest absolute Gasteiger partial charge is 0.416 e. The van der Waals surface area contributed by atoms with E-state index in [-0.39, 0.29) is 11.6 Å². The van der Waals surface area contributed by atoms with Crippen LogP contribution in [0.5, 0.6) is 5.75 Å². The van der Waals surface area contributed by atoms with Crippen LogP contribution in [0.2, 0.25) is 0 Å². The molecule has 0 spiro atoms. The SMILES string of the molecule is CCOc1ccc(C(=O)Nc2ccc3nn(-c4cccc(C(F)(F)F)c4)nc3c2)cc1Br. The van der Waals surface area contributed by atoms with Crippen LogP contribution in [0.15, 0.2) is 65.1 Å². The van der Waals surface area contributed by atoms with Crippen LogP contribution in [0.1, 0.15) is 22.8 Å². The van der Waals surface area contributed by atoms with Gasteiger partial charge in [0.05, 0.1) is 22.3 Å². The zero-order valence-corrected chi connectivity index (χ0v) is 18.2. The number of aromatic nitrogens is 3. The third-order valence-corrected chi connectivity index (χ3v) is 5.16. The van der Waals surface area contributed by atoms with Crippen molar-refractivity contribution in [2.45, 2.75) is 13.1 Å². The lowest BCUT2D eigenvalue weighted by molar-refractivity contribution is -0.137. The molecule has 0 bridgehead atoms. The lowest BCUT2D eigenvalue weighted by Crippen LogP contribution is -2.12. The number of rotatable bonds is 5. The molecule has 0 radical (unpaired) electrons. The number of nitrogens with one attached hydrogen (secondary N) is 1. The Morgan fingerprint density at radius 2 is 1.84 bits per heavy atom. The molecule has 6 nitrogen and oxygen atoms in total. The molecule has 3 aromatic carbocycles. The number of anilines is 1. The molecule has 1 aromatic heterocycles. The standard InChI is InChI=1S/C22H16BrF3N4O2/c1-2-32-20-9-6-13(10-17(20)23)21(31)27-15-7-8-18-19(12-15)29-30(28-18)16-5-3-4-14(11-16)22(24,25)26/h3-12H,2H2,1H3,(H,27,31). The monoisotopic (exact) mass is 504 g/mol. The summed E-state index contributed by atoms with van der Waals surface area (Å²) in [6.45, 7) is 2.37. The number of fused-ring (bicyclic) bond motifs is 1. The Balaban J connectivity index is 1.57. The fraction of sp³-hybridized carbons (Fsp3) is 0.136. The fourth-order valence-electron chi connectivity index (χ4n) is 3.03. The first kappa shape index (κ1) is 21.8. The Hall–Kier alpha value is -3.40. The highest BCUT2D eigenvalue weighted by atomic mass is 79.9. The van der Waals surface area contributed by atoms with Crippen molar-refractivity contribution < 1.29 is 22.7 Å². The number of halogens is 4. The Bertz CT molecular complexity index is 1300. The van der Waals surface area contributed by atoms with E-state index in [0.29, 0.717) is 39.1 Å². The van der Waals surface area contributed by atoms with Crippen molar-refractivity contribution in [3.05, 3.63) is 76.3 Å². The Morgan fingerprint density at radius 1 is 1.06 bits per heavy atom. The van der Waals surface area contributed by atoms with E-state index in [1.54, 1.807) is 36.4 Å². The van der Waals surface area contributed by atoms with Crippen LogP contribution in [0, 0.1) is 0 Å². The van der Waals surface area contributed by atoms with Gasteiger partial charge in [-0.05, 0) is 77.5 Å². The van der Waals surface area contributed by atoms with Crippen molar-refractivity contribution in [3.63, 3.8) is 0 Å². The van der Waals surface area contributed by atoms with E-state index >= 15 is 0 Å². The van der Waals surface area contributed by atoms with Gasteiger partial charge in [-0.25, -0.2) is 0 Å². The van der Waals surface area contributed by atoms with Gasteiger partial charge in [-0.2, -0.15) is 18.0 Å². The van der Waals surface area contributed by atoms with E-state index < -0.39 is 11.7 Å². The quantitative estimate of drug-likeness (QED) is 0.370. The van der Waals surface area contributed by atoms with Crippen molar-refractivity contribution in [2.75, 3.05) is 11.9 Å². The van der Waals surface area contributed by atoms with Gasteiger partial charge in [0.1, 0.15) is 16.8 Å². The minimum absolute atomic E-state index is 0.181. The summed E-state index contributed by atoms with van der Waals surface area (Å²) < 4.78 is 45.1. The first-order valence-corrected chi connectivity index (χ1v) is 10.3. The van der Waals surface area contributed by atoms with Crippen molar-refractivity contribution in [1.82, 2.24) is 15.0 Å². The van der Waals surface area contributed by atoms with Gasteiger partial charge in [-0.1, -0.05) is 6.07 Å². The summed E-state index contributed by atoms with van der Waals surface area (Å²) in [5, 5.41) is 11.3. The molecule has 164 valence electrons. The molecular weight excluding hydrogens is 489 g/mol. The number of ether oxygens (including phenoxy) is 1. The van der Waals surface area contributed by atoms with Crippen molar-refractivity contribution in [3.8, 4) is 11.4 Å². The van der Waals surface area contributed by atoms with E-state index in [0.717, 1.165) is 16.9 Å². The summed E-state index contributed by atoms with van der Waals surface area (Å²) in [4.78, 5) is 13.7. The van der Waals surface area contributed by atoms with Gasteiger partial charge in [-0.3, -0.25) is 4.79 Å². The number of carbonyl (C=O) groups is 1. The molecule has 1 heterocycles. The maximum absolute atomic E-state index is 13.0. The van der Waals surface area contributed by atoms with Crippen molar-refractivity contribution >= 4 is 38.6 Å². The van der Waals surface area contributed by atoms with Crippen LogP contribution in [0.3, 0.4) is 0 Å². The van der Waals surface area contributed by atoms with E-state index in [9.17, 15) is 18.0 Å². The number of carbonyl (C=O) groups excluding carboxylic acids is 1. The summed E-state index contributed by atoms with van der Waals surface area (Å²) in [6.07, 6.45) is -4.46. The van der Waals surface area contributed by atoms with Crippen LogP contribution in [-0.4, -0.2) is 27.5 Å². The molecule has 4 rings (SSSR count). The molecule has 0 fully saturated rings. The number of hydrogen-bond acceptors (Lipinski definition) is 4. The van der Waals surface area contributed by atoms with Gasteiger partial charge < -0.3 is 10.1 Å². The molecule has 1 N–H and O–H groups in total. The van der Waals surface area contributed by atoms with Gasteiger partial charge in [-0.15, -0.1) is 10.2 Å². The molecule has 0 aliphatic rings. The van der Waals surface area contributed by atoms with E-state index in [4.69, 9.17) is 4.74 Å². The van der Waals surface area contributed by atoms with Crippen LogP contribution in [0.25, 0.3) is 16.7 Å². The van der Waals surface area contributed by atoms with Crippen molar-refractivity contribution in [1.29, 1.82) is 0 Å². The van der Waals surface area contributed by atoms with Crippen LogP contribution < -0.4 is 10.1 Å². The Morgan fingerprint density at radius 3 is 2.56 bits per heavy atom. The maximum atomic E-state index is 13.0. The number of benzene rings is 3. The third kappa shape index (κ3) is 4.59. The summed E-state index contributed by atoms with van der Waals surface area (Å²) in [7, 11) is 0. The number of amides is 1. The van der Waals surface area contributed by atoms with Gasteiger partial charge in [0.25, 0.3) is 5.91 Å². The predicted octanol–water partition coefficient (Wildman–Crippen LogP) is 5.85. The second kappa shape index (κ2) is 8.62. The third-order valence-electron chi connectivity index (χ3n) is 4.54. The summed E-state index contributed by atoms with van der Waals surface area (Å²) in [6, 6.07) is 14.6. The number of hydrogen-bond donors (Lipinski definition) is 1. The lowest BCUT2D eigenvalue weighted by Gasteiger charge is -2.09. The molecule has 10 heteroatoms. The number of alkyl halides is 3. The molecule has 1 amide bonds. The van der Waals surface area contributed by atoms with Crippen LogP contribution in [0.4, 0.5) is 18.9 Å². The Labute approximate surface area is 189 Å². The topological polar surface area (TPSA) is 69.0 Å². The zero-order chi connectivity index (χ0) is 22.9. The largest absolute Gasteiger partial charge is 0.493 e. The maximum Gasteiger partial charge on any atom is 0.416 e. The summed E-state index contributed by atoms with van der Waals surface area (Å²) >= 11 is 3.38. The molecule has 0 aliphatic heterocycles. The minimum Gasteiger partial charge on any atom is -0.493 e. The molecule has 0 atom stereocenters. The minimum atomic E-state index is -4.46.